The standard InChI is InChI=1S/C31H38N6O6/c1-20(31(30(19-39,37-31)13-15-38)28(42)43-18-22-9-4-2-5-10-22)16-25-27(41)35-24-12-11-21(17-23(24)26(40)36-25)8-6-3-7-14-34-29(32)33/h2,4-5,9-12,15,17,19-20,25,37H,3,6-8,13-14,16,18H2,1H3,(H,35,41)(H,36,40)(H4,32,33,34)/t20?,25?,30?,31-/m0/s1. The number of ether oxygens (including phenoxy) is 1. The van der Waals surface area contributed by atoms with Crippen LogP contribution in [0.3, 0.4) is 0 Å². The smallest absolute Gasteiger partial charge is 0.329 e. The van der Waals surface area contributed by atoms with Gasteiger partial charge in [-0.1, -0.05) is 49.7 Å². The number of aryl methyl sites for hydroxylation is 1. The number of benzene rings is 2. The number of nitrogens with zero attached hydrogens (tertiary/aromatic N) is 1. The van der Waals surface area contributed by atoms with Crippen molar-refractivity contribution < 1.29 is 28.7 Å². The second-order valence-electron chi connectivity index (χ2n) is 11.1. The largest absolute Gasteiger partial charge is 0.459 e. The van der Waals surface area contributed by atoms with Gasteiger partial charge in [0.15, 0.2) is 5.96 Å². The zero-order valence-corrected chi connectivity index (χ0v) is 24.1. The molecule has 2 aliphatic heterocycles. The molecule has 12 heteroatoms. The number of fused-ring (bicyclic) bond motifs is 1. The number of aliphatic imine (C=N–C) groups is 1. The van der Waals surface area contributed by atoms with E-state index in [1.165, 1.54) is 0 Å². The van der Waals surface area contributed by atoms with Crippen LogP contribution in [-0.2, 0) is 36.9 Å². The number of aldehydes is 2. The number of carbonyl (C=O) groups excluding carboxylic acids is 5. The van der Waals surface area contributed by atoms with Gasteiger partial charge in [0.05, 0.1) is 11.3 Å². The van der Waals surface area contributed by atoms with E-state index in [9.17, 15) is 24.0 Å². The molecule has 7 N–H and O–H groups in total. The lowest BCUT2D eigenvalue weighted by Crippen LogP contribution is -2.48. The Morgan fingerprint density at radius 2 is 1.84 bits per heavy atom. The summed E-state index contributed by atoms with van der Waals surface area (Å²) >= 11 is 0. The Bertz CT molecular complexity index is 1390. The molecule has 2 aliphatic rings. The lowest BCUT2D eigenvalue weighted by atomic mass is 9.78. The second kappa shape index (κ2) is 13.6. The van der Waals surface area contributed by atoms with E-state index in [1.54, 1.807) is 31.2 Å². The number of rotatable bonds is 15. The molecule has 43 heavy (non-hydrogen) atoms. The van der Waals surface area contributed by atoms with Crippen molar-refractivity contribution in [2.45, 2.75) is 69.2 Å². The fourth-order valence-electron chi connectivity index (χ4n) is 5.76. The molecule has 12 nitrogen and oxygen atoms in total. The van der Waals surface area contributed by atoms with Crippen LogP contribution in [0, 0.1) is 5.92 Å². The molecule has 2 aromatic carbocycles. The average molecular weight is 591 g/mol. The summed E-state index contributed by atoms with van der Waals surface area (Å²) in [6.45, 7) is 2.22. The van der Waals surface area contributed by atoms with Crippen LogP contribution in [0.5, 0.6) is 0 Å². The van der Waals surface area contributed by atoms with Crippen molar-refractivity contribution in [2.24, 2.45) is 22.4 Å². The molecule has 1 saturated heterocycles. The molecule has 228 valence electrons. The predicted molar refractivity (Wildman–Crippen MR) is 160 cm³/mol. The number of guanidine groups is 1. The number of nitrogens with one attached hydrogen (secondary N) is 3. The van der Waals surface area contributed by atoms with Crippen molar-refractivity contribution in [1.29, 1.82) is 0 Å². The number of hydrogen-bond acceptors (Lipinski definition) is 8. The Labute approximate surface area is 250 Å². The lowest BCUT2D eigenvalue weighted by molar-refractivity contribution is -0.151. The van der Waals surface area contributed by atoms with Crippen molar-refractivity contribution in [3.8, 4) is 0 Å². The van der Waals surface area contributed by atoms with E-state index in [1.807, 2.05) is 24.3 Å². The van der Waals surface area contributed by atoms with Crippen LogP contribution in [0.1, 0.15) is 60.5 Å². The van der Waals surface area contributed by atoms with E-state index in [4.69, 9.17) is 16.2 Å². The van der Waals surface area contributed by atoms with Gasteiger partial charge in [-0.25, -0.2) is 4.79 Å². The highest BCUT2D eigenvalue weighted by Gasteiger charge is 2.75. The monoisotopic (exact) mass is 590 g/mol. The zero-order chi connectivity index (χ0) is 31.0. The number of nitrogens with two attached hydrogens (primary N) is 2. The van der Waals surface area contributed by atoms with E-state index >= 15 is 0 Å². The van der Waals surface area contributed by atoms with E-state index in [0.29, 0.717) is 30.4 Å². The van der Waals surface area contributed by atoms with Crippen LogP contribution < -0.4 is 27.4 Å². The first-order chi connectivity index (χ1) is 20.7. The minimum Gasteiger partial charge on any atom is -0.459 e. The van der Waals surface area contributed by atoms with Gasteiger partial charge < -0.3 is 36.4 Å². The number of amides is 2. The predicted octanol–water partition coefficient (Wildman–Crippen LogP) is 1.36. The maximum absolute atomic E-state index is 13.5. The first kappa shape index (κ1) is 31.4. The molecule has 0 radical (unpaired) electrons. The van der Waals surface area contributed by atoms with Gasteiger partial charge in [-0.15, -0.1) is 0 Å². The average Bonchev–Trinajstić information content (AvgIpc) is 3.70. The van der Waals surface area contributed by atoms with Crippen molar-refractivity contribution in [3.05, 3.63) is 65.2 Å². The molecule has 2 amide bonds. The summed E-state index contributed by atoms with van der Waals surface area (Å²) in [7, 11) is 0. The molecule has 2 aromatic rings. The van der Waals surface area contributed by atoms with Gasteiger partial charge in [0, 0.05) is 13.0 Å². The Balaban J connectivity index is 1.44. The van der Waals surface area contributed by atoms with Crippen LogP contribution in [0.2, 0.25) is 0 Å². The van der Waals surface area contributed by atoms with Gasteiger partial charge in [0.1, 0.15) is 36.3 Å². The Morgan fingerprint density at radius 1 is 1.07 bits per heavy atom. The minimum absolute atomic E-state index is 0.0100. The van der Waals surface area contributed by atoms with Crippen LogP contribution in [0.15, 0.2) is 53.5 Å². The molecule has 4 rings (SSSR count). The molecule has 0 aromatic heterocycles. The zero-order valence-electron chi connectivity index (χ0n) is 24.1. The first-order valence-corrected chi connectivity index (χ1v) is 14.4. The topological polar surface area (TPSA) is 205 Å². The molecule has 0 bridgehead atoms. The Hall–Kier alpha value is -4.58. The third-order valence-corrected chi connectivity index (χ3v) is 8.16. The molecule has 0 saturated carbocycles. The van der Waals surface area contributed by atoms with Crippen LogP contribution in [0.4, 0.5) is 5.69 Å². The van der Waals surface area contributed by atoms with Crippen molar-refractivity contribution in [3.63, 3.8) is 0 Å². The van der Waals surface area contributed by atoms with E-state index < -0.39 is 40.8 Å². The number of carbonyl (C=O) groups is 5. The van der Waals surface area contributed by atoms with E-state index in [-0.39, 0.29) is 25.4 Å². The quantitative estimate of drug-likeness (QED) is 0.0506. The number of esters is 1. The maximum Gasteiger partial charge on any atom is 0.329 e. The van der Waals surface area contributed by atoms with Gasteiger partial charge >= 0.3 is 5.97 Å². The SMILES string of the molecule is CC(CC1NC(=O)c2cc(CCCCCN=C(N)N)ccc2NC1=O)[C@@]1(C(=O)OCc2ccccc2)NC1(C=O)CC=O. The van der Waals surface area contributed by atoms with Gasteiger partial charge in [0.2, 0.25) is 5.91 Å². The summed E-state index contributed by atoms with van der Waals surface area (Å²) in [6, 6.07) is 13.4. The summed E-state index contributed by atoms with van der Waals surface area (Å²) in [5.74, 6) is -2.19. The molecule has 4 atom stereocenters. The molecule has 2 heterocycles. The third kappa shape index (κ3) is 6.91. The number of hydrogen-bond donors (Lipinski definition) is 5. The highest BCUT2D eigenvalue weighted by molar-refractivity contribution is 6.10. The number of unbranched alkanes of at least 4 members (excludes halogenated alkanes) is 2. The minimum atomic E-state index is -1.54. The molecule has 3 unspecified atom stereocenters. The third-order valence-electron chi connectivity index (χ3n) is 8.16. The van der Waals surface area contributed by atoms with Crippen molar-refractivity contribution >= 4 is 42.0 Å². The Morgan fingerprint density at radius 3 is 2.53 bits per heavy atom. The van der Waals surface area contributed by atoms with Gasteiger partial charge in [-0.3, -0.25) is 19.9 Å². The van der Waals surface area contributed by atoms with Crippen LogP contribution in [-0.4, -0.2) is 60.0 Å². The summed E-state index contributed by atoms with van der Waals surface area (Å²) in [5.41, 5.74) is 10.1. The van der Waals surface area contributed by atoms with Gasteiger partial charge in [0.25, 0.3) is 5.91 Å². The lowest BCUT2D eigenvalue weighted by Gasteiger charge is -2.27. The fourth-order valence-corrected chi connectivity index (χ4v) is 5.76. The fraction of sp³-hybridized carbons (Fsp3) is 0.419. The van der Waals surface area contributed by atoms with Crippen molar-refractivity contribution in [1.82, 2.24) is 10.6 Å². The highest BCUT2D eigenvalue weighted by Crippen LogP contribution is 2.48. The molecule has 0 aliphatic carbocycles. The second-order valence-corrected chi connectivity index (χ2v) is 11.1. The van der Waals surface area contributed by atoms with Crippen molar-refractivity contribution in [2.75, 3.05) is 11.9 Å². The molecule has 1 fully saturated rings. The first-order valence-electron chi connectivity index (χ1n) is 14.4. The van der Waals surface area contributed by atoms with E-state index in [0.717, 1.165) is 36.8 Å². The highest BCUT2D eigenvalue weighted by atomic mass is 16.5. The van der Waals surface area contributed by atoms with E-state index in [2.05, 4.69) is 20.9 Å². The van der Waals surface area contributed by atoms with Gasteiger partial charge in [-0.05, 0) is 54.9 Å². The summed E-state index contributed by atoms with van der Waals surface area (Å²) in [6.07, 6.45) is 4.25. The van der Waals surface area contributed by atoms with Crippen LogP contribution >= 0.6 is 0 Å². The molecular formula is C31H38N6O6. The van der Waals surface area contributed by atoms with Gasteiger partial charge in [-0.2, -0.15) is 0 Å². The maximum atomic E-state index is 13.5. The molecular weight excluding hydrogens is 552 g/mol. The molecule has 0 spiro atoms. The normalized spacial score (nSPS) is 23.0. The van der Waals surface area contributed by atoms with Crippen LogP contribution in [0.25, 0.3) is 0 Å². The summed E-state index contributed by atoms with van der Waals surface area (Å²) in [5, 5.41) is 8.54. The summed E-state index contributed by atoms with van der Waals surface area (Å²) < 4.78 is 5.59. The number of anilines is 1. The summed E-state index contributed by atoms with van der Waals surface area (Å²) in [4.78, 5) is 67.6. The Kier molecular flexibility index (Phi) is 9.92.